The summed E-state index contributed by atoms with van der Waals surface area (Å²) in [6, 6.07) is 5.72. The number of carboxylic acid groups (broad SMARTS) is 1. The molecule has 0 saturated heterocycles. The van der Waals surface area contributed by atoms with Crippen molar-refractivity contribution in [2.75, 3.05) is 0 Å². The zero-order valence-corrected chi connectivity index (χ0v) is 12.1. The van der Waals surface area contributed by atoms with Crippen molar-refractivity contribution in [3.8, 4) is 0 Å². The number of nitrogens with zero attached hydrogens (tertiary/aromatic N) is 1. The van der Waals surface area contributed by atoms with Gasteiger partial charge in [-0.2, -0.15) is 0 Å². The molecule has 2 rings (SSSR count). The molecule has 0 aliphatic heterocycles. The molecular weight excluding hydrogens is 294 g/mol. The van der Waals surface area contributed by atoms with Crippen LogP contribution in [0, 0.1) is 0 Å². The first-order valence-corrected chi connectivity index (χ1v) is 6.42. The number of aromatic nitrogens is 1. The van der Waals surface area contributed by atoms with Crippen LogP contribution in [0.1, 0.15) is 36.7 Å². The van der Waals surface area contributed by atoms with Crippen molar-refractivity contribution >= 4 is 32.8 Å². The summed E-state index contributed by atoms with van der Waals surface area (Å²) >= 11 is 3.40. The standard InChI is InChI=1S/C14H14BrNO2/c1-14(2,3)12-9-5-4-8(15)6-11(9)16-7-10(12)13(17)18/h4-7H,1-3H3,(H,17,18). The van der Waals surface area contributed by atoms with E-state index in [0.29, 0.717) is 0 Å². The number of carbonyl (C=O) groups is 1. The number of pyridine rings is 1. The van der Waals surface area contributed by atoms with Gasteiger partial charge in [-0.25, -0.2) is 4.79 Å². The Morgan fingerprint density at radius 1 is 1.33 bits per heavy atom. The highest BCUT2D eigenvalue weighted by atomic mass is 79.9. The SMILES string of the molecule is CC(C)(C)c1c(C(=O)O)cnc2cc(Br)ccc12. The molecule has 0 amide bonds. The maximum Gasteiger partial charge on any atom is 0.337 e. The summed E-state index contributed by atoms with van der Waals surface area (Å²) < 4.78 is 0.936. The van der Waals surface area contributed by atoms with Gasteiger partial charge in [-0.3, -0.25) is 4.98 Å². The molecule has 0 radical (unpaired) electrons. The zero-order chi connectivity index (χ0) is 13.5. The summed E-state index contributed by atoms with van der Waals surface area (Å²) in [4.78, 5) is 15.6. The molecule has 1 N–H and O–H groups in total. The average molecular weight is 308 g/mol. The summed E-state index contributed by atoms with van der Waals surface area (Å²) in [5.74, 6) is -0.933. The number of hydrogen-bond donors (Lipinski definition) is 1. The molecule has 1 aromatic heterocycles. The van der Waals surface area contributed by atoms with Crippen molar-refractivity contribution in [2.24, 2.45) is 0 Å². The second-order valence-electron chi connectivity index (χ2n) is 5.26. The number of carboxylic acids is 1. The highest BCUT2D eigenvalue weighted by Gasteiger charge is 2.24. The van der Waals surface area contributed by atoms with Crippen LogP contribution in [0.2, 0.25) is 0 Å². The van der Waals surface area contributed by atoms with Crippen LogP contribution >= 0.6 is 15.9 Å². The molecule has 94 valence electrons. The first kappa shape index (κ1) is 13.0. The monoisotopic (exact) mass is 307 g/mol. The Morgan fingerprint density at radius 3 is 2.56 bits per heavy atom. The normalized spacial score (nSPS) is 11.8. The van der Waals surface area contributed by atoms with E-state index in [2.05, 4.69) is 20.9 Å². The smallest absolute Gasteiger partial charge is 0.337 e. The van der Waals surface area contributed by atoms with Gasteiger partial charge in [0.2, 0.25) is 0 Å². The highest BCUT2D eigenvalue weighted by molar-refractivity contribution is 9.10. The predicted octanol–water partition coefficient (Wildman–Crippen LogP) is 3.99. The quantitative estimate of drug-likeness (QED) is 0.866. The van der Waals surface area contributed by atoms with E-state index in [1.54, 1.807) is 0 Å². The van der Waals surface area contributed by atoms with Crippen LogP contribution in [-0.2, 0) is 5.41 Å². The van der Waals surface area contributed by atoms with Crippen molar-refractivity contribution in [3.05, 3.63) is 40.0 Å². The maximum absolute atomic E-state index is 11.3. The van der Waals surface area contributed by atoms with Crippen LogP contribution in [-0.4, -0.2) is 16.1 Å². The summed E-state index contributed by atoms with van der Waals surface area (Å²) in [6.45, 7) is 6.03. The van der Waals surface area contributed by atoms with Crippen molar-refractivity contribution < 1.29 is 9.90 Å². The Kier molecular flexibility index (Phi) is 3.15. The van der Waals surface area contributed by atoms with E-state index in [9.17, 15) is 9.90 Å². The second-order valence-corrected chi connectivity index (χ2v) is 6.18. The van der Waals surface area contributed by atoms with E-state index in [4.69, 9.17) is 0 Å². The van der Waals surface area contributed by atoms with E-state index in [1.165, 1.54) is 6.20 Å². The lowest BCUT2D eigenvalue weighted by atomic mass is 9.82. The Morgan fingerprint density at radius 2 is 2.00 bits per heavy atom. The Bertz CT molecular complexity index is 629. The van der Waals surface area contributed by atoms with Gasteiger partial charge in [0.1, 0.15) is 0 Å². The van der Waals surface area contributed by atoms with E-state index in [-0.39, 0.29) is 11.0 Å². The van der Waals surface area contributed by atoms with Crippen LogP contribution in [0.15, 0.2) is 28.9 Å². The van der Waals surface area contributed by atoms with Crippen molar-refractivity contribution in [3.63, 3.8) is 0 Å². The van der Waals surface area contributed by atoms with E-state index < -0.39 is 5.97 Å². The van der Waals surface area contributed by atoms with Gasteiger partial charge in [-0.05, 0) is 23.1 Å². The number of fused-ring (bicyclic) bond motifs is 1. The van der Waals surface area contributed by atoms with E-state index in [0.717, 1.165) is 20.9 Å². The van der Waals surface area contributed by atoms with Gasteiger partial charge in [-0.1, -0.05) is 42.8 Å². The summed E-state index contributed by atoms with van der Waals surface area (Å²) in [5, 5.41) is 10.2. The molecule has 0 saturated carbocycles. The van der Waals surface area contributed by atoms with E-state index in [1.807, 2.05) is 39.0 Å². The molecular formula is C14H14BrNO2. The van der Waals surface area contributed by atoms with Gasteiger partial charge in [0.15, 0.2) is 0 Å². The molecule has 18 heavy (non-hydrogen) atoms. The van der Waals surface area contributed by atoms with Crippen molar-refractivity contribution in [1.82, 2.24) is 4.98 Å². The Labute approximate surface area is 114 Å². The second kappa shape index (κ2) is 4.35. The predicted molar refractivity (Wildman–Crippen MR) is 75.1 cm³/mol. The van der Waals surface area contributed by atoms with Crippen LogP contribution in [0.25, 0.3) is 10.9 Å². The minimum absolute atomic E-state index is 0.247. The molecule has 4 heteroatoms. The molecule has 3 nitrogen and oxygen atoms in total. The van der Waals surface area contributed by atoms with Crippen molar-refractivity contribution in [2.45, 2.75) is 26.2 Å². The molecule has 0 bridgehead atoms. The van der Waals surface area contributed by atoms with Gasteiger partial charge in [0.05, 0.1) is 11.1 Å². The van der Waals surface area contributed by atoms with Crippen LogP contribution in [0.5, 0.6) is 0 Å². The molecule has 2 aromatic rings. The third kappa shape index (κ3) is 2.25. The van der Waals surface area contributed by atoms with Gasteiger partial charge in [0.25, 0.3) is 0 Å². The molecule has 1 aromatic carbocycles. The zero-order valence-electron chi connectivity index (χ0n) is 10.5. The highest BCUT2D eigenvalue weighted by Crippen LogP contribution is 2.33. The lowest BCUT2D eigenvalue weighted by Crippen LogP contribution is -2.18. The third-order valence-corrected chi connectivity index (χ3v) is 3.30. The number of hydrogen-bond acceptors (Lipinski definition) is 2. The maximum atomic E-state index is 11.3. The molecule has 0 fully saturated rings. The fourth-order valence-corrected chi connectivity index (χ4v) is 2.49. The molecule has 0 atom stereocenters. The largest absolute Gasteiger partial charge is 0.478 e. The first-order chi connectivity index (χ1) is 8.30. The lowest BCUT2D eigenvalue weighted by molar-refractivity contribution is 0.0694. The van der Waals surface area contributed by atoms with Gasteiger partial charge < -0.3 is 5.11 Å². The Hall–Kier alpha value is -1.42. The lowest BCUT2D eigenvalue weighted by Gasteiger charge is -2.23. The van der Waals surface area contributed by atoms with Gasteiger partial charge in [0, 0.05) is 16.1 Å². The van der Waals surface area contributed by atoms with Gasteiger partial charge in [-0.15, -0.1) is 0 Å². The molecule has 0 aliphatic carbocycles. The van der Waals surface area contributed by atoms with E-state index >= 15 is 0 Å². The van der Waals surface area contributed by atoms with Crippen LogP contribution < -0.4 is 0 Å². The molecule has 0 spiro atoms. The summed E-state index contributed by atoms with van der Waals surface area (Å²) in [7, 11) is 0. The van der Waals surface area contributed by atoms with Crippen molar-refractivity contribution in [1.29, 1.82) is 0 Å². The molecule has 0 unspecified atom stereocenters. The summed E-state index contributed by atoms with van der Waals surface area (Å²) in [6.07, 6.45) is 1.44. The minimum Gasteiger partial charge on any atom is -0.478 e. The first-order valence-electron chi connectivity index (χ1n) is 5.63. The molecule has 0 aliphatic rings. The summed E-state index contributed by atoms with van der Waals surface area (Å²) in [5.41, 5.74) is 1.66. The number of halogens is 1. The topological polar surface area (TPSA) is 50.2 Å². The number of rotatable bonds is 1. The average Bonchev–Trinajstić information content (AvgIpc) is 2.25. The van der Waals surface area contributed by atoms with Crippen LogP contribution in [0.3, 0.4) is 0 Å². The fraction of sp³-hybridized carbons (Fsp3) is 0.286. The van der Waals surface area contributed by atoms with Crippen LogP contribution in [0.4, 0.5) is 0 Å². The Balaban J connectivity index is 2.90. The third-order valence-electron chi connectivity index (χ3n) is 2.81. The number of aromatic carboxylic acids is 1. The van der Waals surface area contributed by atoms with Gasteiger partial charge >= 0.3 is 5.97 Å². The fourth-order valence-electron chi connectivity index (χ4n) is 2.14. The number of benzene rings is 1. The minimum atomic E-state index is -0.933. The molecule has 1 heterocycles.